The third-order valence-corrected chi connectivity index (χ3v) is 3.54. The SMILES string of the molecule is CCN(CC)CCN(CC)CC(=O)c1ccccc1. The largest absolute Gasteiger partial charge is 0.303 e. The fraction of sp³-hybridized carbons (Fsp3) is 0.562. The molecule has 1 rings (SSSR count). The van der Waals surface area contributed by atoms with Gasteiger partial charge in [0.25, 0.3) is 0 Å². The van der Waals surface area contributed by atoms with Gasteiger partial charge in [0, 0.05) is 18.7 Å². The molecule has 0 aliphatic rings. The van der Waals surface area contributed by atoms with Crippen LogP contribution in [0, 0.1) is 0 Å². The normalized spacial score (nSPS) is 11.2. The van der Waals surface area contributed by atoms with Crippen molar-refractivity contribution in [1.29, 1.82) is 0 Å². The average Bonchev–Trinajstić information content (AvgIpc) is 2.47. The summed E-state index contributed by atoms with van der Waals surface area (Å²) in [5, 5.41) is 0. The van der Waals surface area contributed by atoms with Crippen molar-refractivity contribution in [3.8, 4) is 0 Å². The van der Waals surface area contributed by atoms with Crippen molar-refractivity contribution in [1.82, 2.24) is 9.80 Å². The van der Waals surface area contributed by atoms with Crippen molar-refractivity contribution in [3.63, 3.8) is 0 Å². The van der Waals surface area contributed by atoms with Crippen LogP contribution in [0.5, 0.6) is 0 Å². The molecule has 0 heterocycles. The summed E-state index contributed by atoms with van der Waals surface area (Å²) in [5.74, 6) is 0.210. The van der Waals surface area contributed by atoms with Crippen LogP contribution in [0.1, 0.15) is 31.1 Å². The van der Waals surface area contributed by atoms with Crippen molar-refractivity contribution in [2.45, 2.75) is 20.8 Å². The molecule has 0 spiro atoms. The smallest absolute Gasteiger partial charge is 0.176 e. The molecule has 0 atom stereocenters. The molecule has 0 aromatic heterocycles. The Morgan fingerprint density at radius 3 is 1.95 bits per heavy atom. The summed E-state index contributed by atoms with van der Waals surface area (Å²) in [6.45, 7) is 12.0. The maximum Gasteiger partial charge on any atom is 0.176 e. The zero-order chi connectivity index (χ0) is 14.1. The maximum atomic E-state index is 12.1. The number of hydrogen-bond donors (Lipinski definition) is 0. The summed E-state index contributed by atoms with van der Waals surface area (Å²) in [7, 11) is 0. The Morgan fingerprint density at radius 2 is 1.42 bits per heavy atom. The molecule has 19 heavy (non-hydrogen) atoms. The van der Waals surface area contributed by atoms with Crippen LogP contribution < -0.4 is 0 Å². The second kappa shape index (κ2) is 8.83. The third-order valence-electron chi connectivity index (χ3n) is 3.54. The fourth-order valence-corrected chi connectivity index (χ4v) is 2.09. The molecule has 0 bridgehead atoms. The van der Waals surface area contributed by atoms with Crippen molar-refractivity contribution in [2.24, 2.45) is 0 Å². The van der Waals surface area contributed by atoms with Crippen LogP contribution in [-0.2, 0) is 0 Å². The number of rotatable bonds is 9. The van der Waals surface area contributed by atoms with Crippen LogP contribution in [0.25, 0.3) is 0 Å². The fourth-order valence-electron chi connectivity index (χ4n) is 2.09. The molecule has 0 aliphatic heterocycles. The van der Waals surface area contributed by atoms with E-state index in [1.807, 2.05) is 30.3 Å². The van der Waals surface area contributed by atoms with Gasteiger partial charge in [-0.25, -0.2) is 0 Å². The Hall–Kier alpha value is -1.19. The third kappa shape index (κ3) is 5.53. The van der Waals surface area contributed by atoms with E-state index in [1.165, 1.54) is 0 Å². The molecule has 0 aliphatic carbocycles. The minimum Gasteiger partial charge on any atom is -0.303 e. The van der Waals surface area contributed by atoms with Gasteiger partial charge in [-0.15, -0.1) is 0 Å². The van der Waals surface area contributed by atoms with Gasteiger partial charge in [0.05, 0.1) is 6.54 Å². The van der Waals surface area contributed by atoms with E-state index >= 15 is 0 Å². The van der Waals surface area contributed by atoms with Crippen LogP contribution in [-0.4, -0.2) is 54.9 Å². The summed E-state index contributed by atoms with van der Waals surface area (Å²) in [6, 6.07) is 9.55. The lowest BCUT2D eigenvalue weighted by Gasteiger charge is -2.24. The number of Topliss-reactive ketones (excluding diaryl/α,β-unsaturated/α-hetero) is 1. The number of carbonyl (C=O) groups is 1. The summed E-state index contributed by atoms with van der Waals surface area (Å²) >= 11 is 0. The monoisotopic (exact) mass is 262 g/mol. The lowest BCUT2D eigenvalue weighted by molar-refractivity contribution is 0.0925. The first-order chi connectivity index (χ1) is 9.21. The number of benzene rings is 1. The van der Waals surface area contributed by atoms with E-state index in [-0.39, 0.29) is 5.78 Å². The average molecular weight is 262 g/mol. The first-order valence-electron chi connectivity index (χ1n) is 7.24. The number of likely N-dealkylation sites (N-methyl/N-ethyl adjacent to an activating group) is 2. The molecule has 0 radical (unpaired) electrons. The van der Waals surface area contributed by atoms with Crippen LogP contribution in [0.4, 0.5) is 0 Å². The van der Waals surface area contributed by atoms with E-state index < -0.39 is 0 Å². The predicted molar refractivity (Wildman–Crippen MR) is 80.7 cm³/mol. The lowest BCUT2D eigenvalue weighted by Crippen LogP contribution is -2.37. The van der Waals surface area contributed by atoms with Gasteiger partial charge in [0.2, 0.25) is 0 Å². The molecule has 0 fully saturated rings. The van der Waals surface area contributed by atoms with Crippen molar-refractivity contribution < 1.29 is 4.79 Å². The first kappa shape index (κ1) is 15.9. The highest BCUT2D eigenvalue weighted by molar-refractivity contribution is 5.97. The molecule has 0 saturated heterocycles. The van der Waals surface area contributed by atoms with Gasteiger partial charge in [-0.1, -0.05) is 51.1 Å². The Bertz CT molecular complexity index is 360. The summed E-state index contributed by atoms with van der Waals surface area (Å²) in [6.07, 6.45) is 0. The van der Waals surface area contributed by atoms with Gasteiger partial charge in [0.15, 0.2) is 5.78 Å². The Kier molecular flexibility index (Phi) is 7.38. The minimum absolute atomic E-state index is 0.210. The summed E-state index contributed by atoms with van der Waals surface area (Å²) in [4.78, 5) is 16.7. The van der Waals surface area contributed by atoms with Gasteiger partial charge < -0.3 is 4.90 Å². The lowest BCUT2D eigenvalue weighted by atomic mass is 10.1. The quantitative estimate of drug-likeness (QED) is 0.639. The summed E-state index contributed by atoms with van der Waals surface area (Å²) in [5.41, 5.74) is 0.809. The minimum atomic E-state index is 0.210. The second-order valence-corrected chi connectivity index (χ2v) is 4.68. The van der Waals surface area contributed by atoms with Gasteiger partial charge in [0.1, 0.15) is 0 Å². The van der Waals surface area contributed by atoms with E-state index in [0.29, 0.717) is 6.54 Å². The molecule has 1 aromatic rings. The highest BCUT2D eigenvalue weighted by Gasteiger charge is 2.11. The molecule has 0 unspecified atom stereocenters. The second-order valence-electron chi connectivity index (χ2n) is 4.68. The zero-order valence-electron chi connectivity index (χ0n) is 12.4. The Labute approximate surface area is 117 Å². The van der Waals surface area contributed by atoms with Crippen LogP contribution in [0.3, 0.4) is 0 Å². The van der Waals surface area contributed by atoms with Gasteiger partial charge in [-0.3, -0.25) is 9.69 Å². The molecule has 0 saturated carbocycles. The number of carbonyl (C=O) groups excluding carboxylic acids is 1. The Morgan fingerprint density at radius 1 is 0.895 bits per heavy atom. The standard InChI is InChI=1S/C16H26N2O/c1-4-17(5-2)12-13-18(6-3)14-16(19)15-10-8-7-9-11-15/h7-11H,4-6,12-14H2,1-3H3. The number of hydrogen-bond acceptors (Lipinski definition) is 3. The van der Waals surface area contributed by atoms with Crippen molar-refractivity contribution in [2.75, 3.05) is 39.3 Å². The topological polar surface area (TPSA) is 23.6 Å². The van der Waals surface area contributed by atoms with Gasteiger partial charge in [-0.2, -0.15) is 0 Å². The van der Waals surface area contributed by atoms with E-state index in [0.717, 1.165) is 38.3 Å². The molecule has 106 valence electrons. The summed E-state index contributed by atoms with van der Waals surface area (Å²) < 4.78 is 0. The molecular formula is C16H26N2O. The number of ketones is 1. The van der Waals surface area contributed by atoms with E-state index in [4.69, 9.17) is 0 Å². The molecule has 1 aromatic carbocycles. The first-order valence-corrected chi connectivity index (χ1v) is 7.24. The van der Waals surface area contributed by atoms with Gasteiger partial charge in [-0.05, 0) is 19.6 Å². The molecule has 3 heteroatoms. The number of nitrogens with zero attached hydrogens (tertiary/aromatic N) is 2. The molecular weight excluding hydrogens is 236 g/mol. The highest BCUT2D eigenvalue weighted by Crippen LogP contribution is 2.02. The van der Waals surface area contributed by atoms with Crippen LogP contribution in [0.2, 0.25) is 0 Å². The maximum absolute atomic E-state index is 12.1. The van der Waals surface area contributed by atoms with Crippen LogP contribution >= 0.6 is 0 Å². The zero-order valence-corrected chi connectivity index (χ0v) is 12.4. The molecule has 3 nitrogen and oxygen atoms in total. The van der Waals surface area contributed by atoms with Gasteiger partial charge >= 0.3 is 0 Å². The van der Waals surface area contributed by atoms with Crippen molar-refractivity contribution >= 4 is 5.78 Å². The molecule has 0 amide bonds. The predicted octanol–water partition coefficient (Wildman–Crippen LogP) is 2.53. The highest BCUT2D eigenvalue weighted by atomic mass is 16.1. The van der Waals surface area contributed by atoms with Crippen LogP contribution in [0.15, 0.2) is 30.3 Å². The van der Waals surface area contributed by atoms with E-state index in [2.05, 4.69) is 30.6 Å². The van der Waals surface area contributed by atoms with Crippen molar-refractivity contribution in [3.05, 3.63) is 35.9 Å². The Balaban J connectivity index is 2.46. The van der Waals surface area contributed by atoms with E-state index in [9.17, 15) is 4.79 Å². The van der Waals surface area contributed by atoms with E-state index in [1.54, 1.807) is 0 Å². The molecule has 0 N–H and O–H groups in total.